The molecular weight excluding hydrogens is 154 g/mol. The Kier molecular flexibility index (Phi) is 5.54. The number of ketones is 2. The molecule has 0 aromatic carbocycles. The van der Waals surface area contributed by atoms with Gasteiger partial charge in [-0.1, -0.05) is 6.92 Å². The molecule has 0 bridgehead atoms. The average Bonchev–Trinajstić information content (AvgIpc) is 2.03. The summed E-state index contributed by atoms with van der Waals surface area (Å²) in [4.78, 5) is 22.2. The summed E-state index contributed by atoms with van der Waals surface area (Å²) in [5.41, 5.74) is 0. The fourth-order valence-corrected chi connectivity index (χ4v) is 0.876. The van der Waals surface area contributed by atoms with E-state index in [4.69, 9.17) is 0 Å². The van der Waals surface area contributed by atoms with E-state index in [9.17, 15) is 9.59 Å². The summed E-state index contributed by atoms with van der Waals surface area (Å²) >= 11 is 0. The first-order valence-corrected chi connectivity index (χ1v) is 4.33. The minimum absolute atomic E-state index is 0.0176. The summed E-state index contributed by atoms with van der Waals surface area (Å²) in [5.74, 6) is 0.0283. The molecule has 0 saturated carbocycles. The van der Waals surface area contributed by atoms with Crippen LogP contribution in [0.1, 0.15) is 33.1 Å². The van der Waals surface area contributed by atoms with Gasteiger partial charge in [-0.25, -0.2) is 0 Å². The zero-order valence-corrected chi connectivity index (χ0v) is 8.02. The van der Waals surface area contributed by atoms with Crippen molar-refractivity contribution >= 4 is 11.6 Å². The second-order valence-corrected chi connectivity index (χ2v) is 2.94. The lowest BCUT2D eigenvalue weighted by Crippen LogP contribution is -2.32. The quantitative estimate of drug-likeness (QED) is 0.604. The van der Waals surface area contributed by atoms with Gasteiger partial charge in [-0.3, -0.25) is 9.59 Å². The van der Waals surface area contributed by atoms with Crippen molar-refractivity contribution in [2.75, 3.05) is 7.05 Å². The highest BCUT2D eigenvalue weighted by atomic mass is 16.1. The average molecular weight is 171 g/mol. The van der Waals surface area contributed by atoms with Gasteiger partial charge in [-0.15, -0.1) is 0 Å². The third-order valence-corrected chi connectivity index (χ3v) is 1.82. The largest absolute Gasteiger partial charge is 0.311 e. The molecule has 0 spiro atoms. The Labute approximate surface area is 73.5 Å². The van der Waals surface area contributed by atoms with Gasteiger partial charge in [-0.2, -0.15) is 0 Å². The van der Waals surface area contributed by atoms with Crippen molar-refractivity contribution in [3.05, 3.63) is 0 Å². The maximum absolute atomic E-state index is 11.2. The summed E-state index contributed by atoms with van der Waals surface area (Å²) in [5, 5.41) is 2.81. The molecule has 0 radical (unpaired) electrons. The highest BCUT2D eigenvalue weighted by Gasteiger charge is 2.13. The number of hydrogen-bond donors (Lipinski definition) is 1. The molecule has 0 fully saturated rings. The first-order chi connectivity index (χ1) is 5.61. The van der Waals surface area contributed by atoms with E-state index < -0.39 is 0 Å². The van der Waals surface area contributed by atoms with Crippen LogP contribution >= 0.6 is 0 Å². The fourth-order valence-electron chi connectivity index (χ4n) is 0.876. The molecule has 3 heteroatoms. The zero-order valence-electron chi connectivity index (χ0n) is 8.02. The van der Waals surface area contributed by atoms with Crippen molar-refractivity contribution in [1.82, 2.24) is 5.32 Å². The third kappa shape index (κ3) is 4.23. The first-order valence-electron chi connectivity index (χ1n) is 4.33. The standard InChI is InChI=1S/C9H17NO2/c1-4-5-8(11)6-9(12)7(2)10-3/h7,10H,4-6H2,1-3H3. The molecule has 0 aliphatic carbocycles. The lowest BCUT2D eigenvalue weighted by molar-refractivity contribution is -0.127. The van der Waals surface area contributed by atoms with Crippen LogP contribution in [0, 0.1) is 0 Å². The van der Waals surface area contributed by atoms with E-state index in [-0.39, 0.29) is 24.0 Å². The van der Waals surface area contributed by atoms with E-state index in [0.29, 0.717) is 6.42 Å². The van der Waals surface area contributed by atoms with Gasteiger partial charge in [0, 0.05) is 6.42 Å². The molecule has 0 amide bonds. The van der Waals surface area contributed by atoms with E-state index in [0.717, 1.165) is 6.42 Å². The number of nitrogens with one attached hydrogen (secondary N) is 1. The van der Waals surface area contributed by atoms with Crippen LogP contribution in [0.5, 0.6) is 0 Å². The molecule has 0 rings (SSSR count). The smallest absolute Gasteiger partial charge is 0.156 e. The Morgan fingerprint density at radius 1 is 1.42 bits per heavy atom. The second kappa shape index (κ2) is 5.89. The van der Waals surface area contributed by atoms with Crippen LogP contribution in [0.2, 0.25) is 0 Å². The number of carbonyl (C=O) groups is 2. The van der Waals surface area contributed by atoms with Crippen LogP contribution in [0.15, 0.2) is 0 Å². The van der Waals surface area contributed by atoms with Crippen LogP contribution in [0.25, 0.3) is 0 Å². The Balaban J connectivity index is 3.76. The van der Waals surface area contributed by atoms with Crippen LogP contribution < -0.4 is 5.32 Å². The van der Waals surface area contributed by atoms with E-state index in [1.807, 2.05) is 6.92 Å². The van der Waals surface area contributed by atoms with E-state index in [1.165, 1.54) is 0 Å². The summed E-state index contributed by atoms with van der Waals surface area (Å²) < 4.78 is 0. The summed E-state index contributed by atoms with van der Waals surface area (Å²) in [7, 11) is 1.72. The Hall–Kier alpha value is -0.700. The summed E-state index contributed by atoms with van der Waals surface area (Å²) in [6, 6.07) is -0.203. The topological polar surface area (TPSA) is 46.2 Å². The molecule has 0 aromatic heterocycles. The van der Waals surface area contributed by atoms with Crippen molar-refractivity contribution < 1.29 is 9.59 Å². The molecule has 1 N–H and O–H groups in total. The van der Waals surface area contributed by atoms with Crippen molar-refractivity contribution in [3.8, 4) is 0 Å². The number of carbonyl (C=O) groups excluding carboxylic acids is 2. The summed E-state index contributed by atoms with van der Waals surface area (Å²) in [6.45, 7) is 3.70. The van der Waals surface area contributed by atoms with Gasteiger partial charge in [-0.05, 0) is 20.4 Å². The van der Waals surface area contributed by atoms with Crippen molar-refractivity contribution in [1.29, 1.82) is 0 Å². The van der Waals surface area contributed by atoms with E-state index in [2.05, 4.69) is 5.32 Å². The minimum atomic E-state index is -0.203. The Morgan fingerprint density at radius 3 is 2.42 bits per heavy atom. The van der Waals surface area contributed by atoms with Crippen LogP contribution in [0.3, 0.4) is 0 Å². The van der Waals surface area contributed by atoms with Crippen LogP contribution in [0.4, 0.5) is 0 Å². The first kappa shape index (κ1) is 11.3. The van der Waals surface area contributed by atoms with Crippen molar-refractivity contribution in [2.45, 2.75) is 39.2 Å². The molecule has 0 heterocycles. The molecule has 3 nitrogen and oxygen atoms in total. The molecule has 0 aliphatic rings. The van der Waals surface area contributed by atoms with E-state index in [1.54, 1.807) is 14.0 Å². The van der Waals surface area contributed by atoms with Crippen LogP contribution in [-0.2, 0) is 9.59 Å². The van der Waals surface area contributed by atoms with Gasteiger partial charge in [0.1, 0.15) is 5.78 Å². The van der Waals surface area contributed by atoms with Gasteiger partial charge >= 0.3 is 0 Å². The third-order valence-electron chi connectivity index (χ3n) is 1.82. The number of likely N-dealkylation sites (N-methyl/N-ethyl adjacent to an activating group) is 1. The highest BCUT2D eigenvalue weighted by molar-refractivity contribution is 6.01. The molecule has 1 unspecified atom stereocenters. The SMILES string of the molecule is CCCC(=O)CC(=O)C(C)NC. The van der Waals surface area contributed by atoms with Gasteiger partial charge in [0.15, 0.2) is 5.78 Å². The Morgan fingerprint density at radius 2 is 2.00 bits per heavy atom. The number of hydrogen-bond acceptors (Lipinski definition) is 3. The summed E-state index contributed by atoms with van der Waals surface area (Å²) in [6.07, 6.45) is 1.41. The molecule has 0 aliphatic heterocycles. The highest BCUT2D eigenvalue weighted by Crippen LogP contribution is 1.97. The lowest BCUT2D eigenvalue weighted by atomic mass is 10.1. The Bertz CT molecular complexity index is 166. The van der Waals surface area contributed by atoms with Crippen molar-refractivity contribution in [2.24, 2.45) is 0 Å². The molecular formula is C9H17NO2. The van der Waals surface area contributed by atoms with Crippen molar-refractivity contribution in [3.63, 3.8) is 0 Å². The second-order valence-electron chi connectivity index (χ2n) is 2.94. The van der Waals surface area contributed by atoms with Gasteiger partial charge in [0.2, 0.25) is 0 Å². The van der Waals surface area contributed by atoms with Gasteiger partial charge < -0.3 is 5.32 Å². The number of Topliss-reactive ketones (excluding diaryl/α,β-unsaturated/α-hetero) is 2. The fraction of sp³-hybridized carbons (Fsp3) is 0.778. The van der Waals surface area contributed by atoms with Gasteiger partial charge in [0.05, 0.1) is 12.5 Å². The minimum Gasteiger partial charge on any atom is -0.311 e. The molecule has 70 valence electrons. The monoisotopic (exact) mass is 171 g/mol. The molecule has 1 atom stereocenters. The predicted octanol–water partition coefficient (Wildman–Crippen LogP) is 0.923. The van der Waals surface area contributed by atoms with Crippen LogP contribution in [-0.4, -0.2) is 24.7 Å². The molecule has 12 heavy (non-hydrogen) atoms. The maximum Gasteiger partial charge on any atom is 0.156 e. The van der Waals surface area contributed by atoms with E-state index >= 15 is 0 Å². The normalized spacial score (nSPS) is 12.6. The maximum atomic E-state index is 11.2. The molecule has 0 aromatic rings. The molecule has 0 saturated heterocycles. The predicted molar refractivity (Wildman–Crippen MR) is 48.1 cm³/mol. The lowest BCUT2D eigenvalue weighted by Gasteiger charge is -2.07. The van der Waals surface area contributed by atoms with Gasteiger partial charge in [0.25, 0.3) is 0 Å². The number of rotatable bonds is 6. The zero-order chi connectivity index (χ0) is 9.56.